The monoisotopic (exact) mass is 387 g/mol. The lowest BCUT2D eigenvalue weighted by molar-refractivity contribution is 0.0342. The molecule has 1 aliphatic rings. The molecule has 7 heteroatoms. The Bertz CT molecular complexity index is 762. The average Bonchev–Trinajstić information content (AvgIpc) is 2.73. The molecule has 0 bridgehead atoms. The van der Waals surface area contributed by atoms with Gasteiger partial charge in [-0.15, -0.1) is 0 Å². The van der Waals surface area contributed by atoms with Gasteiger partial charge in [-0.2, -0.15) is 0 Å². The van der Waals surface area contributed by atoms with E-state index in [1.54, 1.807) is 12.1 Å². The van der Waals surface area contributed by atoms with Crippen molar-refractivity contribution in [2.45, 2.75) is 13.0 Å². The molecule has 0 aliphatic carbocycles. The zero-order valence-corrected chi connectivity index (χ0v) is 15.9. The fourth-order valence-corrected chi connectivity index (χ4v) is 2.86. The zero-order chi connectivity index (χ0) is 19.6. The van der Waals surface area contributed by atoms with Crippen LogP contribution in [0.3, 0.4) is 0 Å². The Balaban J connectivity index is 1.40. The molecule has 1 heterocycles. The van der Waals surface area contributed by atoms with E-state index in [0.717, 1.165) is 38.4 Å². The highest BCUT2D eigenvalue weighted by Gasteiger charge is 2.11. The molecule has 0 unspecified atom stereocenters. The van der Waals surface area contributed by atoms with Gasteiger partial charge in [0.15, 0.2) is 5.84 Å². The molecule has 0 amide bonds. The van der Waals surface area contributed by atoms with Crippen molar-refractivity contribution in [1.29, 1.82) is 0 Å². The lowest BCUT2D eigenvalue weighted by Gasteiger charge is -2.26. The van der Waals surface area contributed by atoms with Crippen molar-refractivity contribution < 1.29 is 18.7 Å². The van der Waals surface area contributed by atoms with E-state index >= 15 is 0 Å². The van der Waals surface area contributed by atoms with Crippen LogP contribution >= 0.6 is 0 Å². The summed E-state index contributed by atoms with van der Waals surface area (Å²) in [5.74, 6) is 0.694. The number of morpholine rings is 1. The first-order valence-electron chi connectivity index (χ1n) is 9.44. The molecular weight excluding hydrogens is 361 g/mol. The van der Waals surface area contributed by atoms with Crippen LogP contribution in [0, 0.1) is 5.82 Å². The quantitative estimate of drug-likeness (QED) is 0.310. The van der Waals surface area contributed by atoms with Gasteiger partial charge in [0.1, 0.15) is 18.2 Å². The summed E-state index contributed by atoms with van der Waals surface area (Å²) >= 11 is 0. The van der Waals surface area contributed by atoms with E-state index in [4.69, 9.17) is 20.0 Å². The van der Waals surface area contributed by atoms with E-state index in [2.05, 4.69) is 16.1 Å². The van der Waals surface area contributed by atoms with E-state index in [0.29, 0.717) is 31.2 Å². The largest absolute Gasteiger partial charge is 0.493 e. The first kappa shape index (κ1) is 20.1. The molecule has 3 rings (SSSR count). The Kier molecular flexibility index (Phi) is 7.63. The van der Waals surface area contributed by atoms with Crippen molar-refractivity contribution in [2.24, 2.45) is 10.9 Å². The summed E-state index contributed by atoms with van der Waals surface area (Å²) in [5.41, 5.74) is 8.07. The van der Waals surface area contributed by atoms with Crippen molar-refractivity contribution in [3.8, 4) is 5.75 Å². The molecule has 1 saturated heterocycles. The summed E-state index contributed by atoms with van der Waals surface area (Å²) in [7, 11) is 0. The molecule has 150 valence electrons. The molecule has 0 aromatic heterocycles. The van der Waals surface area contributed by atoms with Crippen LogP contribution in [0.25, 0.3) is 0 Å². The van der Waals surface area contributed by atoms with Gasteiger partial charge in [-0.05, 0) is 35.9 Å². The molecule has 0 saturated carbocycles. The molecular formula is C21H26FN3O3. The van der Waals surface area contributed by atoms with Gasteiger partial charge >= 0.3 is 0 Å². The third kappa shape index (κ3) is 6.51. The zero-order valence-electron chi connectivity index (χ0n) is 15.9. The van der Waals surface area contributed by atoms with Crippen LogP contribution in [0.15, 0.2) is 53.7 Å². The van der Waals surface area contributed by atoms with Crippen molar-refractivity contribution in [2.75, 3.05) is 39.5 Å². The molecule has 2 N–H and O–H groups in total. The minimum Gasteiger partial charge on any atom is -0.493 e. The predicted octanol–water partition coefficient (Wildman–Crippen LogP) is 2.76. The second-order valence-corrected chi connectivity index (χ2v) is 6.55. The summed E-state index contributed by atoms with van der Waals surface area (Å²) < 4.78 is 23.7. The number of nitrogens with two attached hydrogens (primary N) is 1. The number of ether oxygens (including phenoxy) is 2. The smallest absolute Gasteiger partial charge is 0.170 e. The maximum Gasteiger partial charge on any atom is 0.170 e. The number of hydrogen-bond acceptors (Lipinski definition) is 5. The van der Waals surface area contributed by atoms with Crippen LogP contribution in [0.2, 0.25) is 0 Å². The van der Waals surface area contributed by atoms with Crippen molar-refractivity contribution >= 4 is 5.84 Å². The number of benzene rings is 2. The SMILES string of the molecule is NC(=NOCCCOc1ccc(F)cc1)c1cccc(CN2CCOCC2)c1. The van der Waals surface area contributed by atoms with Crippen LogP contribution in [-0.4, -0.2) is 50.3 Å². The summed E-state index contributed by atoms with van der Waals surface area (Å²) in [6.07, 6.45) is 0.644. The predicted molar refractivity (Wildman–Crippen MR) is 106 cm³/mol. The minimum atomic E-state index is -0.283. The highest BCUT2D eigenvalue weighted by Crippen LogP contribution is 2.12. The highest BCUT2D eigenvalue weighted by atomic mass is 19.1. The van der Waals surface area contributed by atoms with Gasteiger partial charge in [-0.3, -0.25) is 4.90 Å². The maximum atomic E-state index is 12.8. The molecule has 1 aliphatic heterocycles. The van der Waals surface area contributed by atoms with Crippen LogP contribution in [0.1, 0.15) is 17.5 Å². The fourth-order valence-electron chi connectivity index (χ4n) is 2.86. The maximum absolute atomic E-state index is 12.8. The van der Waals surface area contributed by atoms with Crippen LogP contribution in [0.4, 0.5) is 4.39 Å². The number of amidine groups is 1. The van der Waals surface area contributed by atoms with E-state index in [9.17, 15) is 4.39 Å². The number of halogens is 1. The van der Waals surface area contributed by atoms with Gasteiger partial charge in [-0.1, -0.05) is 23.4 Å². The van der Waals surface area contributed by atoms with E-state index < -0.39 is 0 Å². The fraction of sp³-hybridized carbons (Fsp3) is 0.381. The van der Waals surface area contributed by atoms with Crippen molar-refractivity contribution in [1.82, 2.24) is 4.90 Å². The van der Waals surface area contributed by atoms with Crippen LogP contribution in [-0.2, 0) is 16.1 Å². The topological polar surface area (TPSA) is 69.3 Å². The number of rotatable bonds is 9. The first-order chi connectivity index (χ1) is 13.7. The lowest BCUT2D eigenvalue weighted by Crippen LogP contribution is -2.35. The van der Waals surface area contributed by atoms with E-state index in [1.807, 2.05) is 18.2 Å². The summed E-state index contributed by atoms with van der Waals surface area (Å²) in [6, 6.07) is 13.9. The molecule has 28 heavy (non-hydrogen) atoms. The molecule has 2 aromatic rings. The second-order valence-electron chi connectivity index (χ2n) is 6.55. The molecule has 0 radical (unpaired) electrons. The lowest BCUT2D eigenvalue weighted by atomic mass is 10.1. The van der Waals surface area contributed by atoms with Gasteiger partial charge in [0.25, 0.3) is 0 Å². The third-order valence-corrected chi connectivity index (χ3v) is 4.36. The molecule has 2 aromatic carbocycles. The van der Waals surface area contributed by atoms with Gasteiger partial charge in [0.05, 0.1) is 19.8 Å². The third-order valence-electron chi connectivity index (χ3n) is 4.36. The van der Waals surface area contributed by atoms with E-state index in [1.165, 1.54) is 17.7 Å². The first-order valence-corrected chi connectivity index (χ1v) is 9.44. The van der Waals surface area contributed by atoms with Crippen LogP contribution in [0.5, 0.6) is 5.75 Å². The average molecular weight is 387 g/mol. The second kappa shape index (κ2) is 10.6. The Morgan fingerprint density at radius 2 is 1.89 bits per heavy atom. The number of oxime groups is 1. The minimum absolute atomic E-state index is 0.283. The normalized spacial score (nSPS) is 15.4. The van der Waals surface area contributed by atoms with Crippen molar-refractivity contribution in [3.05, 3.63) is 65.5 Å². The summed E-state index contributed by atoms with van der Waals surface area (Å²) in [6.45, 7) is 5.15. The number of hydrogen-bond donors (Lipinski definition) is 1. The standard InChI is InChI=1S/C21H26FN3O3/c22-19-5-7-20(8-6-19)27-11-2-12-28-24-21(23)18-4-1-3-17(15-18)16-25-9-13-26-14-10-25/h1,3-8,15H,2,9-14,16H2,(H2,23,24). The molecule has 6 nitrogen and oxygen atoms in total. The van der Waals surface area contributed by atoms with Gasteiger partial charge in [0.2, 0.25) is 0 Å². The van der Waals surface area contributed by atoms with E-state index in [-0.39, 0.29) is 5.82 Å². The van der Waals surface area contributed by atoms with Gasteiger partial charge < -0.3 is 20.0 Å². The molecule has 0 spiro atoms. The highest BCUT2D eigenvalue weighted by molar-refractivity contribution is 5.97. The van der Waals surface area contributed by atoms with Crippen molar-refractivity contribution in [3.63, 3.8) is 0 Å². The van der Waals surface area contributed by atoms with Gasteiger partial charge in [-0.25, -0.2) is 4.39 Å². The Labute approximate surface area is 164 Å². The van der Waals surface area contributed by atoms with Crippen LogP contribution < -0.4 is 10.5 Å². The Hall–Kier alpha value is -2.64. The van der Waals surface area contributed by atoms with Gasteiger partial charge in [0, 0.05) is 31.6 Å². The Morgan fingerprint density at radius 3 is 2.68 bits per heavy atom. The molecule has 0 atom stereocenters. The summed E-state index contributed by atoms with van der Waals surface area (Å²) in [4.78, 5) is 7.65. The number of nitrogens with zero attached hydrogens (tertiary/aromatic N) is 2. The molecule has 1 fully saturated rings. The Morgan fingerprint density at radius 1 is 1.11 bits per heavy atom. The summed E-state index contributed by atoms with van der Waals surface area (Å²) in [5, 5.41) is 3.99.